The normalized spacial score (nSPS) is 16.2. The van der Waals surface area contributed by atoms with Crippen molar-refractivity contribution in [2.75, 3.05) is 24.7 Å². The third kappa shape index (κ3) is 4.34. The monoisotopic (exact) mass is 477 g/mol. The van der Waals surface area contributed by atoms with Crippen LogP contribution in [0.25, 0.3) is 22.0 Å². The molecule has 3 aromatic heterocycles. The van der Waals surface area contributed by atoms with Gasteiger partial charge >= 0.3 is 0 Å². The molecule has 10 heteroatoms. The number of aromatic nitrogens is 4. The van der Waals surface area contributed by atoms with E-state index in [1.54, 1.807) is 30.3 Å². The molecule has 1 aliphatic rings. The molecule has 0 radical (unpaired) electrons. The molecule has 0 saturated carbocycles. The highest BCUT2D eigenvalue weighted by Crippen LogP contribution is 2.28. The standard InChI is InChI=1S/C24H24FN7OS/c1-15-14-33-6-5-31(15)19-7-16-8-20(3-4-22(16)28-11-19)34-24(27)32-13-17(9-21(25)23(32)26)18-10-29-30(2)12-18/h3-4,7-13,15,26-27H,5-6,14H2,1-2H3. The largest absolute Gasteiger partial charge is 0.377 e. The van der Waals surface area contributed by atoms with Crippen molar-refractivity contribution >= 4 is 33.5 Å². The molecule has 4 aromatic rings. The number of nitrogens with one attached hydrogen (secondary N) is 2. The van der Waals surface area contributed by atoms with Gasteiger partial charge in [-0.1, -0.05) is 11.8 Å². The summed E-state index contributed by atoms with van der Waals surface area (Å²) in [6.45, 7) is 4.32. The van der Waals surface area contributed by atoms with Crippen LogP contribution < -0.4 is 10.4 Å². The van der Waals surface area contributed by atoms with Crippen LogP contribution in [0.4, 0.5) is 10.1 Å². The minimum absolute atomic E-state index is 0.0277. The Bertz CT molecular complexity index is 1450. The van der Waals surface area contributed by atoms with Crippen LogP contribution >= 0.6 is 11.8 Å². The van der Waals surface area contributed by atoms with Gasteiger partial charge in [0, 0.05) is 53.4 Å². The lowest BCUT2D eigenvalue weighted by Crippen LogP contribution is -2.43. The Morgan fingerprint density at radius 2 is 2.03 bits per heavy atom. The molecule has 0 amide bonds. The molecule has 1 saturated heterocycles. The van der Waals surface area contributed by atoms with Crippen molar-refractivity contribution in [1.29, 1.82) is 10.8 Å². The predicted octanol–water partition coefficient (Wildman–Crippen LogP) is 3.86. The maximum absolute atomic E-state index is 14.5. The molecule has 5 rings (SSSR count). The van der Waals surface area contributed by atoms with Gasteiger partial charge in [-0.15, -0.1) is 0 Å². The van der Waals surface area contributed by atoms with Crippen molar-refractivity contribution in [1.82, 2.24) is 19.3 Å². The summed E-state index contributed by atoms with van der Waals surface area (Å²) < 4.78 is 22.9. The van der Waals surface area contributed by atoms with Gasteiger partial charge < -0.3 is 9.64 Å². The van der Waals surface area contributed by atoms with E-state index in [0.717, 1.165) is 45.4 Å². The van der Waals surface area contributed by atoms with E-state index in [9.17, 15) is 4.39 Å². The summed E-state index contributed by atoms with van der Waals surface area (Å²) in [6, 6.07) is 9.44. The van der Waals surface area contributed by atoms with Crippen LogP contribution in [0.5, 0.6) is 0 Å². The quantitative estimate of drug-likeness (QED) is 0.265. The Hall–Kier alpha value is -3.50. The first-order valence-electron chi connectivity index (χ1n) is 10.9. The second-order valence-electron chi connectivity index (χ2n) is 8.27. The van der Waals surface area contributed by atoms with E-state index in [4.69, 9.17) is 15.6 Å². The predicted molar refractivity (Wildman–Crippen MR) is 131 cm³/mol. The highest BCUT2D eigenvalue weighted by molar-refractivity contribution is 8.13. The summed E-state index contributed by atoms with van der Waals surface area (Å²) >= 11 is 1.16. The Morgan fingerprint density at radius 1 is 1.18 bits per heavy atom. The fraction of sp³-hybridized carbons (Fsp3) is 0.250. The molecule has 1 aliphatic heterocycles. The van der Waals surface area contributed by atoms with Crippen molar-refractivity contribution < 1.29 is 9.13 Å². The molecule has 174 valence electrons. The first-order chi connectivity index (χ1) is 16.4. The number of morpholine rings is 1. The molecule has 0 bridgehead atoms. The number of hydrogen-bond donors (Lipinski definition) is 2. The average Bonchev–Trinajstić information content (AvgIpc) is 3.27. The van der Waals surface area contributed by atoms with Crippen LogP contribution in [0.3, 0.4) is 0 Å². The number of thioether (sulfide) groups is 1. The van der Waals surface area contributed by atoms with Crippen molar-refractivity contribution in [3.05, 3.63) is 66.4 Å². The van der Waals surface area contributed by atoms with Crippen molar-refractivity contribution in [3.63, 3.8) is 0 Å². The first kappa shape index (κ1) is 22.3. The zero-order valence-corrected chi connectivity index (χ0v) is 19.6. The lowest BCUT2D eigenvalue weighted by atomic mass is 10.1. The molecule has 1 atom stereocenters. The van der Waals surface area contributed by atoms with E-state index in [1.807, 2.05) is 24.4 Å². The van der Waals surface area contributed by atoms with Gasteiger partial charge in [0.1, 0.15) is 0 Å². The Labute approximate surface area is 200 Å². The van der Waals surface area contributed by atoms with E-state index < -0.39 is 5.82 Å². The van der Waals surface area contributed by atoms with Gasteiger partial charge in [0.05, 0.1) is 36.8 Å². The lowest BCUT2D eigenvalue weighted by Gasteiger charge is -2.35. The molecule has 0 spiro atoms. The zero-order valence-electron chi connectivity index (χ0n) is 18.8. The summed E-state index contributed by atoms with van der Waals surface area (Å²) in [4.78, 5) is 7.70. The number of halogens is 1. The topological polar surface area (TPSA) is 95.8 Å². The average molecular weight is 478 g/mol. The number of nitrogens with zero attached hydrogens (tertiary/aromatic N) is 5. The molecule has 1 fully saturated rings. The highest BCUT2D eigenvalue weighted by atomic mass is 32.2. The second kappa shape index (κ2) is 9.03. The molecule has 8 nitrogen and oxygen atoms in total. The minimum Gasteiger partial charge on any atom is -0.377 e. The molecule has 1 aromatic carbocycles. The second-order valence-corrected chi connectivity index (χ2v) is 9.33. The molecular weight excluding hydrogens is 453 g/mol. The maximum atomic E-state index is 14.5. The number of ether oxygens (including phenoxy) is 1. The van der Waals surface area contributed by atoms with Crippen molar-refractivity contribution in [3.8, 4) is 11.1 Å². The Balaban J connectivity index is 1.44. The van der Waals surface area contributed by atoms with Gasteiger partial charge in [-0.05, 0) is 37.3 Å². The molecule has 34 heavy (non-hydrogen) atoms. The fourth-order valence-electron chi connectivity index (χ4n) is 4.04. The molecule has 4 heterocycles. The zero-order chi connectivity index (χ0) is 23.8. The smallest absolute Gasteiger partial charge is 0.171 e. The molecule has 1 unspecified atom stereocenters. The van der Waals surface area contributed by atoms with Crippen molar-refractivity contribution in [2.24, 2.45) is 7.05 Å². The summed E-state index contributed by atoms with van der Waals surface area (Å²) in [6.07, 6.45) is 6.87. The van der Waals surface area contributed by atoms with E-state index in [2.05, 4.69) is 28.0 Å². The Morgan fingerprint density at radius 3 is 2.79 bits per heavy atom. The minimum atomic E-state index is -0.696. The molecular formula is C24H24FN7OS. The van der Waals surface area contributed by atoms with Gasteiger partial charge in [0.25, 0.3) is 0 Å². The van der Waals surface area contributed by atoms with Crippen LogP contribution in [0.1, 0.15) is 6.92 Å². The van der Waals surface area contributed by atoms with Crippen LogP contribution in [0, 0.1) is 16.6 Å². The lowest BCUT2D eigenvalue weighted by molar-refractivity contribution is 0.0989. The highest BCUT2D eigenvalue weighted by Gasteiger charge is 2.20. The molecule has 0 aliphatic carbocycles. The number of fused-ring (bicyclic) bond motifs is 1. The van der Waals surface area contributed by atoms with Crippen LogP contribution in [-0.2, 0) is 11.8 Å². The molecule has 2 N–H and O–H groups in total. The fourth-order valence-corrected chi connectivity index (χ4v) is 4.83. The number of hydrogen-bond acceptors (Lipinski definition) is 7. The summed E-state index contributed by atoms with van der Waals surface area (Å²) in [7, 11) is 1.78. The Kier molecular flexibility index (Phi) is 5.93. The van der Waals surface area contributed by atoms with E-state index in [0.29, 0.717) is 18.8 Å². The number of pyridine rings is 2. The maximum Gasteiger partial charge on any atom is 0.171 e. The number of anilines is 1. The van der Waals surface area contributed by atoms with Gasteiger partial charge in [-0.25, -0.2) is 4.39 Å². The number of rotatable bonds is 3. The third-order valence-corrected chi connectivity index (χ3v) is 6.71. The summed E-state index contributed by atoms with van der Waals surface area (Å²) in [5, 5.41) is 21.8. The van der Waals surface area contributed by atoms with E-state index in [1.165, 1.54) is 10.6 Å². The van der Waals surface area contributed by atoms with Gasteiger partial charge in [0.2, 0.25) is 0 Å². The van der Waals surface area contributed by atoms with E-state index in [-0.39, 0.29) is 16.7 Å². The van der Waals surface area contributed by atoms with Gasteiger partial charge in [-0.2, -0.15) is 5.10 Å². The third-order valence-electron chi connectivity index (χ3n) is 5.83. The first-order valence-corrected chi connectivity index (χ1v) is 11.7. The van der Waals surface area contributed by atoms with Gasteiger partial charge in [-0.3, -0.25) is 25.1 Å². The van der Waals surface area contributed by atoms with Gasteiger partial charge in [0.15, 0.2) is 16.5 Å². The van der Waals surface area contributed by atoms with Crippen LogP contribution in [0.2, 0.25) is 0 Å². The summed E-state index contributed by atoms with van der Waals surface area (Å²) in [5.41, 5.74) is 2.80. The summed E-state index contributed by atoms with van der Waals surface area (Å²) in [5.74, 6) is -0.696. The SMILES string of the molecule is CC1COCCN1c1cnc2ccc(SC(=N)n3cc(-c4cnn(C)c4)cc(F)c3=N)cc2c1. The number of aryl methyl sites for hydroxylation is 1. The van der Waals surface area contributed by atoms with Crippen LogP contribution in [0.15, 0.2) is 60.0 Å². The van der Waals surface area contributed by atoms with E-state index >= 15 is 0 Å². The number of benzene rings is 1. The van der Waals surface area contributed by atoms with Crippen LogP contribution in [-0.4, -0.2) is 50.3 Å². The van der Waals surface area contributed by atoms with Crippen molar-refractivity contribution in [2.45, 2.75) is 17.9 Å².